The number of rotatable bonds is 8. The quantitative estimate of drug-likeness (QED) is 0.447. The van der Waals surface area contributed by atoms with Crippen molar-refractivity contribution in [2.75, 3.05) is 20.8 Å². The number of aromatic nitrogens is 2. The monoisotopic (exact) mass is 435 g/mol. The van der Waals surface area contributed by atoms with Gasteiger partial charge in [-0.05, 0) is 60.5 Å². The van der Waals surface area contributed by atoms with Crippen LogP contribution in [0.5, 0.6) is 11.5 Å². The van der Waals surface area contributed by atoms with Crippen molar-refractivity contribution in [3.63, 3.8) is 0 Å². The Bertz CT molecular complexity index is 1200. The second-order valence-corrected chi connectivity index (χ2v) is 6.98. The number of hydrogen-bond acceptors (Lipinski definition) is 5. The minimum Gasteiger partial charge on any atom is -0.493 e. The molecule has 32 heavy (non-hydrogen) atoms. The molecule has 4 rings (SSSR count). The highest BCUT2D eigenvalue weighted by Gasteiger charge is 2.19. The van der Waals surface area contributed by atoms with Crippen LogP contribution in [0.1, 0.15) is 16.1 Å². The Hall–Kier alpha value is -4.07. The van der Waals surface area contributed by atoms with Gasteiger partial charge in [0.05, 0.1) is 26.2 Å². The number of amides is 1. The Morgan fingerprint density at radius 1 is 1.06 bits per heavy atom. The van der Waals surface area contributed by atoms with Crippen LogP contribution in [-0.4, -0.2) is 36.5 Å². The van der Waals surface area contributed by atoms with E-state index in [1.54, 1.807) is 44.6 Å². The first-order valence-electron chi connectivity index (χ1n) is 9.98. The molecule has 0 aliphatic heterocycles. The number of nitrogens with one attached hydrogen (secondary N) is 1. The van der Waals surface area contributed by atoms with E-state index in [1.807, 2.05) is 18.2 Å². The van der Waals surface area contributed by atoms with Crippen molar-refractivity contribution in [2.24, 2.45) is 0 Å². The molecule has 7 nitrogen and oxygen atoms in total. The lowest BCUT2D eigenvalue weighted by molar-refractivity contribution is 0.0946. The highest BCUT2D eigenvalue weighted by atomic mass is 19.1. The maximum Gasteiger partial charge on any atom is 0.270 e. The molecule has 0 radical (unpaired) electrons. The zero-order valence-electron chi connectivity index (χ0n) is 17.7. The van der Waals surface area contributed by atoms with Crippen LogP contribution in [0.15, 0.2) is 71.3 Å². The molecule has 1 amide bonds. The molecule has 0 saturated carbocycles. The number of nitrogens with zero attached hydrogens (tertiary/aromatic N) is 2. The van der Waals surface area contributed by atoms with E-state index in [-0.39, 0.29) is 11.7 Å². The van der Waals surface area contributed by atoms with Crippen LogP contribution in [0.4, 0.5) is 4.39 Å². The summed E-state index contributed by atoms with van der Waals surface area (Å²) < 4.78 is 30.8. The summed E-state index contributed by atoms with van der Waals surface area (Å²) in [7, 11) is 3.16. The first kappa shape index (κ1) is 21.2. The number of carbonyl (C=O) groups excluding carboxylic acids is 1. The van der Waals surface area contributed by atoms with E-state index in [0.29, 0.717) is 47.3 Å². The molecule has 1 N–H and O–H groups in total. The van der Waals surface area contributed by atoms with Gasteiger partial charge in [0, 0.05) is 12.6 Å². The molecule has 164 valence electrons. The van der Waals surface area contributed by atoms with Gasteiger partial charge in [-0.2, -0.15) is 5.10 Å². The molecule has 2 aromatic carbocycles. The maximum absolute atomic E-state index is 13.4. The lowest BCUT2D eigenvalue weighted by Gasteiger charge is -2.11. The fraction of sp³-hybridized carbons (Fsp3) is 0.167. The zero-order chi connectivity index (χ0) is 22.5. The number of ether oxygens (including phenoxy) is 2. The van der Waals surface area contributed by atoms with Crippen LogP contribution in [0.25, 0.3) is 17.1 Å². The van der Waals surface area contributed by atoms with Gasteiger partial charge in [-0.25, -0.2) is 9.07 Å². The molecule has 0 spiro atoms. The summed E-state index contributed by atoms with van der Waals surface area (Å²) in [6, 6.07) is 16.6. The van der Waals surface area contributed by atoms with Crippen molar-refractivity contribution in [1.29, 1.82) is 0 Å². The van der Waals surface area contributed by atoms with E-state index in [0.717, 1.165) is 5.56 Å². The highest BCUT2D eigenvalue weighted by molar-refractivity contribution is 5.94. The third-order valence-corrected chi connectivity index (χ3v) is 4.93. The number of halogens is 1. The molecule has 0 aliphatic carbocycles. The van der Waals surface area contributed by atoms with Gasteiger partial charge in [0.1, 0.15) is 17.2 Å². The van der Waals surface area contributed by atoms with Gasteiger partial charge in [0.2, 0.25) is 0 Å². The molecule has 0 saturated heterocycles. The summed E-state index contributed by atoms with van der Waals surface area (Å²) in [6.07, 6.45) is 2.14. The fourth-order valence-electron chi connectivity index (χ4n) is 3.31. The molecule has 4 aromatic rings. The highest BCUT2D eigenvalue weighted by Crippen LogP contribution is 2.27. The molecule has 0 aliphatic rings. The predicted molar refractivity (Wildman–Crippen MR) is 117 cm³/mol. The van der Waals surface area contributed by atoms with E-state index in [1.165, 1.54) is 23.1 Å². The molecule has 0 atom stereocenters. The Labute approximate surface area is 184 Å². The van der Waals surface area contributed by atoms with E-state index < -0.39 is 0 Å². The summed E-state index contributed by atoms with van der Waals surface area (Å²) in [5.41, 5.74) is 2.38. The van der Waals surface area contributed by atoms with Crippen molar-refractivity contribution in [3.8, 4) is 28.6 Å². The number of furan rings is 1. The standard InChI is InChI=1S/C24H22FN3O4/c1-30-22-10-5-16(14-23(22)31-2)11-12-26-24(29)20-15-19(21-4-3-13-32-21)27-28(20)18-8-6-17(25)7-9-18/h3-10,13-15H,11-12H2,1-2H3,(H,26,29). The van der Waals surface area contributed by atoms with Crippen molar-refractivity contribution in [3.05, 3.63) is 84.0 Å². The Morgan fingerprint density at radius 3 is 2.53 bits per heavy atom. The summed E-state index contributed by atoms with van der Waals surface area (Å²) in [5, 5.41) is 7.41. The van der Waals surface area contributed by atoms with Gasteiger partial charge < -0.3 is 19.2 Å². The number of hydrogen-bond donors (Lipinski definition) is 1. The first-order chi connectivity index (χ1) is 15.6. The third-order valence-electron chi connectivity index (χ3n) is 4.93. The van der Waals surface area contributed by atoms with Crippen LogP contribution in [-0.2, 0) is 6.42 Å². The van der Waals surface area contributed by atoms with Gasteiger partial charge in [0.15, 0.2) is 17.3 Å². The molecule has 8 heteroatoms. The Morgan fingerprint density at radius 2 is 1.84 bits per heavy atom. The van der Waals surface area contributed by atoms with Crippen LogP contribution < -0.4 is 14.8 Å². The van der Waals surface area contributed by atoms with Gasteiger partial charge >= 0.3 is 0 Å². The van der Waals surface area contributed by atoms with Crippen LogP contribution in [0.3, 0.4) is 0 Å². The second kappa shape index (κ2) is 9.38. The predicted octanol–water partition coefficient (Wildman–Crippen LogP) is 4.26. The SMILES string of the molecule is COc1ccc(CCNC(=O)c2cc(-c3ccco3)nn2-c2ccc(F)cc2)cc1OC. The number of carbonyl (C=O) groups is 1. The van der Waals surface area contributed by atoms with Crippen molar-refractivity contribution >= 4 is 5.91 Å². The molecule has 2 aromatic heterocycles. The summed E-state index contributed by atoms with van der Waals surface area (Å²) >= 11 is 0. The average molecular weight is 435 g/mol. The Kier molecular flexibility index (Phi) is 6.21. The van der Waals surface area contributed by atoms with Gasteiger partial charge in [-0.15, -0.1) is 0 Å². The minimum absolute atomic E-state index is 0.305. The largest absolute Gasteiger partial charge is 0.493 e. The van der Waals surface area contributed by atoms with E-state index in [2.05, 4.69) is 10.4 Å². The van der Waals surface area contributed by atoms with Crippen LogP contribution in [0, 0.1) is 5.82 Å². The number of benzene rings is 2. The minimum atomic E-state index is -0.368. The molecule has 0 bridgehead atoms. The van der Waals surface area contributed by atoms with E-state index in [4.69, 9.17) is 13.9 Å². The molecular weight excluding hydrogens is 413 g/mol. The van der Waals surface area contributed by atoms with E-state index in [9.17, 15) is 9.18 Å². The lowest BCUT2D eigenvalue weighted by Crippen LogP contribution is -2.27. The normalized spacial score (nSPS) is 10.7. The van der Waals surface area contributed by atoms with Crippen LogP contribution >= 0.6 is 0 Å². The number of methoxy groups -OCH3 is 2. The fourth-order valence-corrected chi connectivity index (χ4v) is 3.31. The van der Waals surface area contributed by atoms with E-state index >= 15 is 0 Å². The average Bonchev–Trinajstić information content (AvgIpc) is 3.49. The van der Waals surface area contributed by atoms with Gasteiger partial charge in [-0.3, -0.25) is 4.79 Å². The van der Waals surface area contributed by atoms with Crippen molar-refractivity contribution in [2.45, 2.75) is 6.42 Å². The summed E-state index contributed by atoms with van der Waals surface area (Å²) in [5.74, 6) is 1.14. The summed E-state index contributed by atoms with van der Waals surface area (Å²) in [6.45, 7) is 0.402. The lowest BCUT2D eigenvalue weighted by atomic mass is 10.1. The molecule has 0 unspecified atom stereocenters. The zero-order valence-corrected chi connectivity index (χ0v) is 17.7. The third kappa shape index (κ3) is 4.49. The maximum atomic E-state index is 13.4. The smallest absolute Gasteiger partial charge is 0.270 e. The van der Waals surface area contributed by atoms with Crippen molar-refractivity contribution < 1.29 is 23.1 Å². The molecule has 0 fully saturated rings. The van der Waals surface area contributed by atoms with Crippen LogP contribution in [0.2, 0.25) is 0 Å². The second-order valence-electron chi connectivity index (χ2n) is 6.98. The van der Waals surface area contributed by atoms with Gasteiger partial charge in [0.25, 0.3) is 5.91 Å². The summed E-state index contributed by atoms with van der Waals surface area (Å²) in [4.78, 5) is 13.0. The first-order valence-corrected chi connectivity index (χ1v) is 9.98. The molecule has 2 heterocycles. The van der Waals surface area contributed by atoms with Gasteiger partial charge in [-0.1, -0.05) is 6.07 Å². The Balaban J connectivity index is 1.53. The topological polar surface area (TPSA) is 78.5 Å². The van der Waals surface area contributed by atoms with Crippen molar-refractivity contribution in [1.82, 2.24) is 15.1 Å². The molecular formula is C24H22FN3O4.